The highest BCUT2D eigenvalue weighted by molar-refractivity contribution is 5.83. The zero-order valence-electron chi connectivity index (χ0n) is 15.6. The van der Waals surface area contributed by atoms with Gasteiger partial charge in [-0.2, -0.15) is 20.2 Å². The SMILES string of the molecule is C=CNc1nc(Nc2ccc(C#N)cc2F)nc(Oc2ccc3ccccc3c2)n1. The van der Waals surface area contributed by atoms with Crippen molar-refractivity contribution in [3.8, 4) is 17.8 Å². The molecule has 0 bridgehead atoms. The Kier molecular flexibility index (Phi) is 5.17. The van der Waals surface area contributed by atoms with Crippen LogP contribution >= 0.6 is 0 Å². The van der Waals surface area contributed by atoms with Gasteiger partial charge in [0.25, 0.3) is 0 Å². The summed E-state index contributed by atoms with van der Waals surface area (Å²) in [5, 5.41) is 16.5. The third-order valence-electron chi connectivity index (χ3n) is 4.12. The van der Waals surface area contributed by atoms with E-state index in [4.69, 9.17) is 10.00 Å². The predicted molar refractivity (Wildman–Crippen MR) is 112 cm³/mol. The van der Waals surface area contributed by atoms with Crippen molar-refractivity contribution in [2.45, 2.75) is 0 Å². The molecule has 0 saturated carbocycles. The molecule has 146 valence electrons. The Morgan fingerprint density at radius 2 is 1.77 bits per heavy atom. The number of hydrogen-bond donors (Lipinski definition) is 2. The van der Waals surface area contributed by atoms with Gasteiger partial charge in [-0.1, -0.05) is 36.9 Å². The summed E-state index contributed by atoms with van der Waals surface area (Å²) in [6, 6.07) is 19.4. The molecule has 0 aliphatic rings. The largest absolute Gasteiger partial charge is 0.424 e. The van der Waals surface area contributed by atoms with Gasteiger partial charge in [0, 0.05) is 0 Å². The molecule has 1 aromatic heterocycles. The van der Waals surface area contributed by atoms with Crippen molar-refractivity contribution in [2.75, 3.05) is 10.6 Å². The Labute approximate surface area is 171 Å². The lowest BCUT2D eigenvalue weighted by Gasteiger charge is -2.10. The molecule has 0 unspecified atom stereocenters. The number of halogens is 1. The molecule has 0 radical (unpaired) electrons. The first-order valence-electron chi connectivity index (χ1n) is 8.91. The summed E-state index contributed by atoms with van der Waals surface area (Å²) in [7, 11) is 0. The number of aromatic nitrogens is 3. The second kappa shape index (κ2) is 8.24. The first-order valence-corrected chi connectivity index (χ1v) is 8.91. The van der Waals surface area contributed by atoms with E-state index >= 15 is 0 Å². The average molecular weight is 398 g/mol. The molecule has 0 amide bonds. The second-order valence-corrected chi connectivity index (χ2v) is 6.16. The molecule has 2 N–H and O–H groups in total. The number of anilines is 3. The van der Waals surface area contributed by atoms with Gasteiger partial charge in [0.15, 0.2) is 0 Å². The summed E-state index contributed by atoms with van der Waals surface area (Å²) >= 11 is 0. The van der Waals surface area contributed by atoms with E-state index in [0.29, 0.717) is 5.75 Å². The Hall–Kier alpha value is -4.51. The van der Waals surface area contributed by atoms with E-state index in [1.807, 2.05) is 42.5 Å². The first-order chi connectivity index (χ1) is 14.6. The zero-order chi connectivity index (χ0) is 20.9. The van der Waals surface area contributed by atoms with Crippen molar-refractivity contribution in [2.24, 2.45) is 0 Å². The molecule has 3 aromatic carbocycles. The minimum atomic E-state index is -0.607. The molecule has 0 aliphatic carbocycles. The van der Waals surface area contributed by atoms with Crippen molar-refractivity contribution in [1.82, 2.24) is 15.0 Å². The van der Waals surface area contributed by atoms with Gasteiger partial charge < -0.3 is 15.4 Å². The molecule has 8 heteroatoms. The van der Waals surface area contributed by atoms with E-state index in [-0.39, 0.29) is 29.2 Å². The highest BCUT2D eigenvalue weighted by Crippen LogP contribution is 2.26. The fourth-order valence-electron chi connectivity index (χ4n) is 2.76. The molecule has 0 saturated heterocycles. The standard InChI is InChI=1S/C22H15FN6O/c1-2-25-20-27-21(26-19-10-7-14(13-24)11-18(19)23)29-22(28-20)30-17-9-8-15-5-3-4-6-16(15)12-17/h2-12H,1H2,(H2,25,26,27,28,29). The Balaban J connectivity index is 1.65. The lowest BCUT2D eigenvalue weighted by atomic mass is 10.1. The summed E-state index contributed by atoms with van der Waals surface area (Å²) in [5.74, 6) is 0.172. The van der Waals surface area contributed by atoms with Crippen molar-refractivity contribution < 1.29 is 9.13 Å². The lowest BCUT2D eigenvalue weighted by molar-refractivity contribution is 0.442. The molecule has 0 aliphatic heterocycles. The quantitative estimate of drug-likeness (QED) is 0.465. The van der Waals surface area contributed by atoms with Gasteiger partial charge in [0.2, 0.25) is 11.9 Å². The molecule has 4 aromatic rings. The van der Waals surface area contributed by atoms with Gasteiger partial charge in [-0.15, -0.1) is 0 Å². The van der Waals surface area contributed by atoms with Crippen LogP contribution in [0.4, 0.5) is 22.0 Å². The fraction of sp³-hybridized carbons (Fsp3) is 0. The highest BCUT2D eigenvalue weighted by Gasteiger charge is 2.11. The number of benzene rings is 3. The van der Waals surface area contributed by atoms with Gasteiger partial charge >= 0.3 is 6.01 Å². The number of nitriles is 1. The molecule has 1 heterocycles. The number of nitrogens with zero attached hydrogens (tertiary/aromatic N) is 4. The normalized spacial score (nSPS) is 10.3. The van der Waals surface area contributed by atoms with E-state index in [2.05, 4.69) is 32.2 Å². The maximum absolute atomic E-state index is 14.2. The van der Waals surface area contributed by atoms with Crippen LogP contribution in [0.15, 0.2) is 73.4 Å². The monoisotopic (exact) mass is 398 g/mol. The van der Waals surface area contributed by atoms with Gasteiger partial charge in [0.05, 0.1) is 17.3 Å². The van der Waals surface area contributed by atoms with Crippen LogP contribution in [0.25, 0.3) is 10.8 Å². The molecular formula is C22H15FN6O. The summed E-state index contributed by atoms with van der Waals surface area (Å²) in [6.07, 6.45) is 1.40. The lowest BCUT2D eigenvalue weighted by Crippen LogP contribution is -2.06. The van der Waals surface area contributed by atoms with E-state index in [1.165, 1.54) is 18.3 Å². The van der Waals surface area contributed by atoms with Crippen LogP contribution in [-0.2, 0) is 0 Å². The van der Waals surface area contributed by atoms with Crippen molar-refractivity contribution in [3.05, 3.63) is 84.8 Å². The van der Waals surface area contributed by atoms with Crippen molar-refractivity contribution in [3.63, 3.8) is 0 Å². The van der Waals surface area contributed by atoms with Gasteiger partial charge in [-0.3, -0.25) is 0 Å². The average Bonchev–Trinajstić information content (AvgIpc) is 2.75. The number of nitrogens with one attached hydrogen (secondary N) is 2. The molecule has 0 atom stereocenters. The maximum atomic E-state index is 14.2. The topological polar surface area (TPSA) is 95.8 Å². The van der Waals surface area contributed by atoms with Crippen LogP contribution in [0.3, 0.4) is 0 Å². The number of rotatable bonds is 6. The van der Waals surface area contributed by atoms with Crippen LogP contribution < -0.4 is 15.4 Å². The predicted octanol–water partition coefficient (Wildman–Crippen LogP) is 5.13. The van der Waals surface area contributed by atoms with Crippen LogP contribution in [0.1, 0.15) is 5.56 Å². The molecule has 4 rings (SSSR count). The third-order valence-corrected chi connectivity index (χ3v) is 4.12. The summed E-state index contributed by atoms with van der Waals surface area (Å²) in [5.41, 5.74) is 0.324. The second-order valence-electron chi connectivity index (χ2n) is 6.16. The fourth-order valence-corrected chi connectivity index (χ4v) is 2.76. The summed E-state index contributed by atoms with van der Waals surface area (Å²) in [6.45, 7) is 3.59. The Morgan fingerprint density at radius 1 is 0.967 bits per heavy atom. The van der Waals surface area contributed by atoms with Gasteiger partial charge in [-0.05, 0) is 47.3 Å². The molecule has 0 spiro atoms. The van der Waals surface area contributed by atoms with Crippen molar-refractivity contribution in [1.29, 1.82) is 5.26 Å². The molecule has 0 fully saturated rings. The summed E-state index contributed by atoms with van der Waals surface area (Å²) < 4.78 is 20.0. The molecule has 30 heavy (non-hydrogen) atoms. The zero-order valence-corrected chi connectivity index (χ0v) is 15.6. The minimum Gasteiger partial charge on any atom is -0.424 e. The minimum absolute atomic E-state index is 0.0150. The summed E-state index contributed by atoms with van der Waals surface area (Å²) in [4.78, 5) is 12.6. The van der Waals surface area contributed by atoms with E-state index < -0.39 is 5.82 Å². The molecular weight excluding hydrogens is 383 g/mol. The van der Waals surface area contributed by atoms with Crippen LogP contribution in [0, 0.1) is 17.1 Å². The number of fused-ring (bicyclic) bond motifs is 1. The number of ether oxygens (including phenoxy) is 1. The smallest absolute Gasteiger partial charge is 0.328 e. The van der Waals surface area contributed by atoms with Crippen LogP contribution in [0.5, 0.6) is 11.8 Å². The number of hydrogen-bond acceptors (Lipinski definition) is 7. The molecule has 7 nitrogen and oxygen atoms in total. The third kappa shape index (κ3) is 4.15. The Bertz CT molecular complexity index is 1280. The van der Waals surface area contributed by atoms with E-state index in [1.54, 1.807) is 6.07 Å². The van der Waals surface area contributed by atoms with Crippen molar-refractivity contribution >= 4 is 28.4 Å². The van der Waals surface area contributed by atoms with Crippen LogP contribution in [0.2, 0.25) is 0 Å². The maximum Gasteiger partial charge on any atom is 0.328 e. The highest BCUT2D eigenvalue weighted by atomic mass is 19.1. The van der Waals surface area contributed by atoms with E-state index in [9.17, 15) is 4.39 Å². The first kappa shape index (κ1) is 18.8. The van der Waals surface area contributed by atoms with E-state index in [0.717, 1.165) is 16.8 Å². The van der Waals surface area contributed by atoms with Crippen LogP contribution in [-0.4, -0.2) is 15.0 Å². The Morgan fingerprint density at radius 3 is 2.53 bits per heavy atom. The van der Waals surface area contributed by atoms with Gasteiger partial charge in [-0.25, -0.2) is 4.39 Å². The van der Waals surface area contributed by atoms with Gasteiger partial charge in [0.1, 0.15) is 11.6 Å².